The maximum Gasteiger partial charge on any atom is 0.255 e. The van der Waals surface area contributed by atoms with Gasteiger partial charge in [0.15, 0.2) is 5.82 Å². The number of rotatable bonds is 3. The minimum atomic E-state index is 0.0319. The molecule has 1 N–H and O–H groups in total. The maximum atomic E-state index is 5.66. The van der Waals surface area contributed by atoms with Gasteiger partial charge in [-0.15, -0.1) is 0 Å². The van der Waals surface area contributed by atoms with Crippen molar-refractivity contribution in [3.8, 4) is 0 Å². The summed E-state index contributed by atoms with van der Waals surface area (Å²) in [6.07, 6.45) is 6.80. The number of ether oxygens (including phenoxy) is 1. The van der Waals surface area contributed by atoms with Crippen molar-refractivity contribution in [3.05, 3.63) is 11.7 Å². The van der Waals surface area contributed by atoms with Crippen molar-refractivity contribution in [2.45, 2.75) is 44.6 Å². The van der Waals surface area contributed by atoms with E-state index in [9.17, 15) is 0 Å². The zero-order chi connectivity index (χ0) is 12.2. The van der Waals surface area contributed by atoms with Crippen LogP contribution in [0.3, 0.4) is 0 Å². The zero-order valence-electron chi connectivity index (χ0n) is 10.7. The molecule has 0 bridgehead atoms. The first-order valence-electron chi connectivity index (χ1n) is 7.06. The summed E-state index contributed by atoms with van der Waals surface area (Å²) in [6.45, 7) is 3.03. The minimum absolute atomic E-state index is 0.0319. The molecule has 2 aliphatic rings. The molecule has 0 aromatic carbocycles. The first-order valence-corrected chi connectivity index (χ1v) is 7.06. The molecule has 0 radical (unpaired) electrons. The van der Waals surface area contributed by atoms with E-state index in [4.69, 9.17) is 9.26 Å². The predicted molar refractivity (Wildman–Crippen MR) is 66.1 cm³/mol. The molecule has 1 aromatic rings. The van der Waals surface area contributed by atoms with Gasteiger partial charge < -0.3 is 14.6 Å². The molecule has 0 spiro atoms. The van der Waals surface area contributed by atoms with E-state index < -0.39 is 0 Å². The molecule has 0 aliphatic carbocycles. The van der Waals surface area contributed by atoms with Gasteiger partial charge in [0.2, 0.25) is 0 Å². The summed E-state index contributed by atoms with van der Waals surface area (Å²) in [7, 11) is 0. The Morgan fingerprint density at radius 2 is 2.22 bits per heavy atom. The average molecular weight is 251 g/mol. The van der Waals surface area contributed by atoms with Crippen molar-refractivity contribution in [2.24, 2.45) is 5.92 Å². The highest BCUT2D eigenvalue weighted by molar-refractivity contribution is 4.93. The van der Waals surface area contributed by atoms with Gasteiger partial charge in [-0.05, 0) is 51.1 Å². The van der Waals surface area contributed by atoms with Crippen molar-refractivity contribution in [2.75, 3.05) is 19.7 Å². The second-order valence-corrected chi connectivity index (χ2v) is 5.32. The largest absolute Gasteiger partial charge is 0.368 e. The second kappa shape index (κ2) is 5.80. The lowest BCUT2D eigenvalue weighted by Crippen LogP contribution is -2.31. The van der Waals surface area contributed by atoms with Crippen LogP contribution in [0, 0.1) is 5.92 Å². The third-order valence-corrected chi connectivity index (χ3v) is 3.81. The molecular formula is C13H21N3O2. The molecule has 5 nitrogen and oxygen atoms in total. The Balaban J connectivity index is 1.58. The predicted octanol–water partition coefficient (Wildman–Crippen LogP) is 1.85. The number of nitrogens with one attached hydrogen (secondary N) is 1. The van der Waals surface area contributed by atoms with E-state index in [-0.39, 0.29) is 6.10 Å². The van der Waals surface area contributed by atoms with Gasteiger partial charge >= 0.3 is 0 Å². The zero-order valence-corrected chi connectivity index (χ0v) is 10.7. The first kappa shape index (κ1) is 12.1. The van der Waals surface area contributed by atoms with Crippen molar-refractivity contribution < 1.29 is 9.26 Å². The smallest absolute Gasteiger partial charge is 0.255 e. The van der Waals surface area contributed by atoms with Crippen LogP contribution in [0.5, 0.6) is 0 Å². The van der Waals surface area contributed by atoms with Gasteiger partial charge in [-0.25, -0.2) is 0 Å². The van der Waals surface area contributed by atoms with Crippen LogP contribution >= 0.6 is 0 Å². The van der Waals surface area contributed by atoms with E-state index in [0.717, 1.165) is 44.8 Å². The molecule has 3 rings (SSSR count). The van der Waals surface area contributed by atoms with Crippen LogP contribution in [0.4, 0.5) is 0 Å². The van der Waals surface area contributed by atoms with Gasteiger partial charge in [0.05, 0.1) is 0 Å². The molecule has 2 atom stereocenters. The fourth-order valence-corrected chi connectivity index (χ4v) is 2.77. The monoisotopic (exact) mass is 251 g/mol. The number of hydrogen-bond acceptors (Lipinski definition) is 5. The van der Waals surface area contributed by atoms with Crippen LogP contribution in [0.2, 0.25) is 0 Å². The van der Waals surface area contributed by atoms with Crippen molar-refractivity contribution >= 4 is 0 Å². The molecule has 2 saturated heterocycles. The highest BCUT2D eigenvalue weighted by Crippen LogP contribution is 2.26. The fourth-order valence-electron chi connectivity index (χ4n) is 2.77. The quantitative estimate of drug-likeness (QED) is 0.888. The number of piperidine rings is 1. The lowest BCUT2D eigenvalue weighted by molar-refractivity contribution is -0.00459. The standard InChI is InChI=1S/C13H21N3O2/c1-2-7-17-11(5-1)13-15-12(16-18-13)8-10-4-3-6-14-9-10/h10-11,14H,1-9H2. The molecule has 2 aliphatic heterocycles. The molecule has 3 heterocycles. The van der Waals surface area contributed by atoms with Crippen LogP contribution in [0.25, 0.3) is 0 Å². The summed E-state index contributed by atoms with van der Waals surface area (Å²) < 4.78 is 11.0. The Bertz CT molecular complexity index is 368. The van der Waals surface area contributed by atoms with E-state index in [1.54, 1.807) is 0 Å². The van der Waals surface area contributed by atoms with E-state index in [1.807, 2.05) is 0 Å². The van der Waals surface area contributed by atoms with Gasteiger partial charge in [0.1, 0.15) is 6.10 Å². The Hall–Kier alpha value is -0.940. The summed E-state index contributed by atoms with van der Waals surface area (Å²) in [4.78, 5) is 4.50. The number of nitrogens with zero attached hydrogens (tertiary/aromatic N) is 2. The van der Waals surface area contributed by atoms with Crippen LogP contribution < -0.4 is 5.32 Å². The minimum Gasteiger partial charge on any atom is -0.368 e. The normalized spacial score (nSPS) is 29.3. The molecule has 1 aromatic heterocycles. The Kier molecular flexibility index (Phi) is 3.90. The molecule has 18 heavy (non-hydrogen) atoms. The van der Waals surface area contributed by atoms with E-state index in [2.05, 4.69) is 15.5 Å². The molecular weight excluding hydrogens is 230 g/mol. The Labute approximate surface area is 107 Å². The van der Waals surface area contributed by atoms with Gasteiger partial charge in [-0.1, -0.05) is 5.16 Å². The summed E-state index contributed by atoms with van der Waals surface area (Å²) in [6, 6.07) is 0. The Morgan fingerprint density at radius 3 is 3.00 bits per heavy atom. The summed E-state index contributed by atoms with van der Waals surface area (Å²) in [5.41, 5.74) is 0. The third kappa shape index (κ3) is 2.90. The third-order valence-electron chi connectivity index (χ3n) is 3.81. The number of hydrogen-bond donors (Lipinski definition) is 1. The number of aromatic nitrogens is 2. The SMILES string of the molecule is C1CCC(c2nc(CC3CCCNC3)no2)OC1. The Morgan fingerprint density at radius 1 is 1.22 bits per heavy atom. The average Bonchev–Trinajstić information content (AvgIpc) is 2.89. The van der Waals surface area contributed by atoms with Crippen molar-refractivity contribution in [1.29, 1.82) is 0 Å². The second-order valence-electron chi connectivity index (χ2n) is 5.32. The molecule has 2 fully saturated rings. The molecule has 2 unspecified atom stereocenters. The summed E-state index contributed by atoms with van der Waals surface area (Å²) in [5, 5.41) is 7.51. The van der Waals surface area contributed by atoms with Crippen molar-refractivity contribution in [1.82, 2.24) is 15.5 Å². The van der Waals surface area contributed by atoms with Gasteiger partial charge in [-0.2, -0.15) is 4.98 Å². The van der Waals surface area contributed by atoms with Crippen LogP contribution in [-0.2, 0) is 11.2 Å². The van der Waals surface area contributed by atoms with Gasteiger partial charge in [0, 0.05) is 13.0 Å². The summed E-state index contributed by atoms with van der Waals surface area (Å²) >= 11 is 0. The lowest BCUT2D eigenvalue weighted by Gasteiger charge is -2.21. The molecule has 100 valence electrons. The van der Waals surface area contributed by atoms with Gasteiger partial charge in [0.25, 0.3) is 5.89 Å². The fraction of sp³-hybridized carbons (Fsp3) is 0.846. The highest BCUT2D eigenvalue weighted by atomic mass is 16.5. The molecule has 0 saturated carbocycles. The highest BCUT2D eigenvalue weighted by Gasteiger charge is 2.23. The topological polar surface area (TPSA) is 60.2 Å². The van der Waals surface area contributed by atoms with Gasteiger partial charge in [-0.3, -0.25) is 0 Å². The molecule has 0 amide bonds. The van der Waals surface area contributed by atoms with Crippen molar-refractivity contribution in [3.63, 3.8) is 0 Å². The maximum absolute atomic E-state index is 5.66. The molecule has 5 heteroatoms. The van der Waals surface area contributed by atoms with Crippen LogP contribution in [0.1, 0.15) is 49.9 Å². The summed E-state index contributed by atoms with van der Waals surface area (Å²) in [5.74, 6) is 2.16. The first-order chi connectivity index (χ1) is 8.92. The van der Waals surface area contributed by atoms with E-state index >= 15 is 0 Å². The van der Waals surface area contributed by atoms with Crippen LogP contribution in [0.15, 0.2) is 4.52 Å². The van der Waals surface area contributed by atoms with E-state index in [1.165, 1.54) is 19.3 Å². The lowest BCUT2D eigenvalue weighted by atomic mass is 9.96. The van der Waals surface area contributed by atoms with E-state index in [0.29, 0.717) is 11.8 Å². The van der Waals surface area contributed by atoms with Crippen LogP contribution in [-0.4, -0.2) is 29.8 Å².